The quantitative estimate of drug-likeness (QED) is 0.671. The van der Waals surface area contributed by atoms with E-state index in [-0.39, 0.29) is 0 Å². The van der Waals surface area contributed by atoms with Crippen LogP contribution in [0.2, 0.25) is 0 Å². The first-order valence-electron chi connectivity index (χ1n) is 4.86. The molecule has 0 unspecified atom stereocenters. The van der Waals surface area contributed by atoms with Crippen molar-refractivity contribution in [2.45, 2.75) is 26.7 Å². The Hall–Kier alpha value is -0.980. The summed E-state index contributed by atoms with van der Waals surface area (Å²) in [7, 11) is 0. The van der Waals surface area contributed by atoms with Gasteiger partial charge in [-0.25, -0.2) is 0 Å². The summed E-state index contributed by atoms with van der Waals surface area (Å²) in [5.74, 6) is 0.974. The van der Waals surface area contributed by atoms with Gasteiger partial charge in [0.15, 0.2) is 0 Å². The molecule has 1 heteroatoms. The highest BCUT2D eigenvalue weighted by Crippen LogP contribution is 2.13. The Balaban J connectivity index is 2.48. The van der Waals surface area contributed by atoms with Crippen LogP contribution in [0.15, 0.2) is 24.3 Å². The highest BCUT2D eigenvalue weighted by molar-refractivity contribution is 5.27. The van der Waals surface area contributed by atoms with Crippen molar-refractivity contribution in [2.24, 2.45) is 0 Å². The first-order chi connectivity index (χ1) is 6.36. The number of benzene rings is 1. The maximum atomic E-state index is 5.48. The molecule has 0 bridgehead atoms. The van der Waals surface area contributed by atoms with E-state index in [4.69, 9.17) is 4.74 Å². The van der Waals surface area contributed by atoms with Crippen molar-refractivity contribution in [3.8, 4) is 5.75 Å². The third kappa shape index (κ3) is 3.49. The van der Waals surface area contributed by atoms with Crippen molar-refractivity contribution in [3.63, 3.8) is 0 Å². The normalized spacial score (nSPS) is 10.0. The zero-order chi connectivity index (χ0) is 9.52. The number of rotatable bonds is 5. The van der Waals surface area contributed by atoms with Crippen LogP contribution in [0, 0.1) is 6.42 Å². The lowest BCUT2D eigenvalue weighted by Gasteiger charge is -2.04. The van der Waals surface area contributed by atoms with Gasteiger partial charge in [0.2, 0.25) is 0 Å². The van der Waals surface area contributed by atoms with E-state index in [1.807, 2.05) is 12.1 Å². The second-order valence-corrected chi connectivity index (χ2v) is 3.10. The lowest BCUT2D eigenvalue weighted by Crippen LogP contribution is -1.94. The maximum absolute atomic E-state index is 5.48. The number of ether oxygens (including phenoxy) is 1. The van der Waals surface area contributed by atoms with Crippen molar-refractivity contribution >= 4 is 0 Å². The average molecular weight is 177 g/mol. The molecule has 0 spiro atoms. The molecule has 0 atom stereocenters. The Bertz CT molecular complexity index is 225. The highest BCUT2D eigenvalue weighted by atomic mass is 16.5. The van der Waals surface area contributed by atoms with Crippen molar-refractivity contribution in [1.82, 2.24) is 0 Å². The zero-order valence-corrected chi connectivity index (χ0v) is 8.42. The summed E-state index contributed by atoms with van der Waals surface area (Å²) >= 11 is 0. The average Bonchev–Trinajstić information content (AvgIpc) is 2.17. The van der Waals surface area contributed by atoms with Gasteiger partial charge in [0.25, 0.3) is 0 Å². The Morgan fingerprint density at radius 2 is 1.92 bits per heavy atom. The molecule has 1 nitrogen and oxygen atoms in total. The van der Waals surface area contributed by atoms with Crippen molar-refractivity contribution in [1.29, 1.82) is 0 Å². The first kappa shape index (κ1) is 10.1. The highest BCUT2D eigenvalue weighted by Gasteiger charge is 1.93. The molecule has 0 amide bonds. The lowest BCUT2D eigenvalue weighted by molar-refractivity contribution is 0.317. The van der Waals surface area contributed by atoms with E-state index < -0.39 is 0 Å². The van der Waals surface area contributed by atoms with Crippen molar-refractivity contribution < 1.29 is 4.74 Å². The van der Waals surface area contributed by atoms with Crippen LogP contribution >= 0.6 is 0 Å². The lowest BCUT2D eigenvalue weighted by atomic mass is 10.1. The fourth-order valence-corrected chi connectivity index (χ4v) is 1.18. The molecule has 0 saturated carbocycles. The molecule has 0 saturated heterocycles. The summed E-state index contributed by atoms with van der Waals surface area (Å²) in [6.45, 7) is 4.99. The van der Waals surface area contributed by atoms with Gasteiger partial charge in [-0.1, -0.05) is 26.0 Å². The van der Waals surface area contributed by atoms with Crippen LogP contribution in [0.3, 0.4) is 0 Å². The van der Waals surface area contributed by atoms with Gasteiger partial charge in [-0.05, 0) is 37.0 Å². The minimum absolute atomic E-state index is 0.805. The smallest absolute Gasteiger partial charge is 0.119 e. The van der Waals surface area contributed by atoms with Crippen LogP contribution in [0.4, 0.5) is 0 Å². The molecular formula is C12H17O. The van der Waals surface area contributed by atoms with E-state index in [9.17, 15) is 0 Å². The third-order valence-corrected chi connectivity index (χ3v) is 1.84. The third-order valence-electron chi connectivity index (χ3n) is 1.84. The monoisotopic (exact) mass is 177 g/mol. The fraction of sp³-hybridized carbons (Fsp3) is 0.417. The summed E-state index contributed by atoms with van der Waals surface area (Å²) in [5, 5.41) is 0. The Morgan fingerprint density at radius 3 is 2.46 bits per heavy atom. The molecule has 0 fully saturated rings. The van der Waals surface area contributed by atoms with Gasteiger partial charge >= 0.3 is 0 Å². The van der Waals surface area contributed by atoms with Crippen LogP contribution in [0.25, 0.3) is 0 Å². The van der Waals surface area contributed by atoms with Crippen LogP contribution in [-0.4, -0.2) is 6.61 Å². The molecule has 1 aromatic carbocycles. The minimum Gasteiger partial charge on any atom is -0.494 e. The SMILES string of the molecule is C[CH]Cc1ccc(OCCC)cc1. The van der Waals surface area contributed by atoms with E-state index in [1.54, 1.807) is 0 Å². The predicted octanol–water partition coefficient (Wildman–Crippen LogP) is 3.24. The van der Waals surface area contributed by atoms with Gasteiger partial charge in [-0.15, -0.1) is 0 Å². The van der Waals surface area contributed by atoms with Crippen LogP contribution in [0.5, 0.6) is 5.75 Å². The Kier molecular flexibility index (Phi) is 4.37. The molecule has 0 aliphatic rings. The van der Waals surface area contributed by atoms with Crippen LogP contribution in [0.1, 0.15) is 25.8 Å². The molecule has 0 aliphatic heterocycles. The molecule has 0 heterocycles. The van der Waals surface area contributed by atoms with E-state index in [0.29, 0.717) is 0 Å². The molecule has 13 heavy (non-hydrogen) atoms. The van der Waals surface area contributed by atoms with Crippen molar-refractivity contribution in [3.05, 3.63) is 36.2 Å². The van der Waals surface area contributed by atoms with Gasteiger partial charge < -0.3 is 4.74 Å². The Labute approximate surface area is 80.7 Å². The molecule has 0 aromatic heterocycles. The molecule has 1 radical (unpaired) electrons. The minimum atomic E-state index is 0.805. The van der Waals surface area contributed by atoms with E-state index in [1.165, 1.54) is 5.56 Å². The second-order valence-electron chi connectivity index (χ2n) is 3.10. The first-order valence-corrected chi connectivity index (χ1v) is 4.86. The summed E-state index contributed by atoms with van der Waals surface area (Å²) < 4.78 is 5.48. The summed E-state index contributed by atoms with van der Waals surface area (Å²) in [5.41, 5.74) is 1.34. The van der Waals surface area contributed by atoms with Gasteiger partial charge in [-0.3, -0.25) is 0 Å². The standard InChI is InChI=1S/C12H17O/c1-3-5-11-6-8-12(9-7-11)13-10-4-2/h3,6-9H,4-5,10H2,1-2H3. The summed E-state index contributed by atoms with van der Waals surface area (Å²) in [4.78, 5) is 0. The van der Waals surface area contributed by atoms with E-state index >= 15 is 0 Å². The summed E-state index contributed by atoms with van der Waals surface area (Å²) in [6.07, 6.45) is 4.25. The van der Waals surface area contributed by atoms with Crippen molar-refractivity contribution in [2.75, 3.05) is 6.61 Å². The second kappa shape index (κ2) is 5.63. The van der Waals surface area contributed by atoms with Gasteiger partial charge in [-0.2, -0.15) is 0 Å². The molecule has 1 rings (SSSR count). The molecule has 0 aliphatic carbocycles. The molecule has 71 valence electrons. The fourth-order valence-electron chi connectivity index (χ4n) is 1.18. The van der Waals surface area contributed by atoms with E-state index in [0.717, 1.165) is 25.2 Å². The van der Waals surface area contributed by atoms with Gasteiger partial charge in [0.1, 0.15) is 5.75 Å². The molecule has 0 N–H and O–H groups in total. The maximum Gasteiger partial charge on any atom is 0.119 e. The summed E-state index contributed by atoms with van der Waals surface area (Å²) in [6, 6.07) is 8.30. The number of hydrogen-bond acceptors (Lipinski definition) is 1. The van der Waals surface area contributed by atoms with Crippen LogP contribution in [-0.2, 0) is 6.42 Å². The molecule has 1 aromatic rings. The zero-order valence-electron chi connectivity index (χ0n) is 8.42. The van der Waals surface area contributed by atoms with Gasteiger partial charge in [0.05, 0.1) is 6.61 Å². The topological polar surface area (TPSA) is 9.23 Å². The Morgan fingerprint density at radius 1 is 1.23 bits per heavy atom. The largest absolute Gasteiger partial charge is 0.494 e. The van der Waals surface area contributed by atoms with Crippen LogP contribution < -0.4 is 4.74 Å². The predicted molar refractivity (Wildman–Crippen MR) is 55.9 cm³/mol. The number of hydrogen-bond donors (Lipinski definition) is 0. The van der Waals surface area contributed by atoms with E-state index in [2.05, 4.69) is 32.4 Å². The molecular weight excluding hydrogens is 160 g/mol. The van der Waals surface area contributed by atoms with Gasteiger partial charge in [0, 0.05) is 0 Å².